The number of carbonyl (C=O) groups excluding carboxylic acids is 1. The van der Waals surface area contributed by atoms with Gasteiger partial charge in [0, 0.05) is 5.02 Å². The highest BCUT2D eigenvalue weighted by atomic mass is 35.5. The molecule has 1 N–H and O–H groups in total. The van der Waals surface area contributed by atoms with Crippen molar-refractivity contribution in [2.45, 2.75) is 38.1 Å². The molecule has 0 saturated heterocycles. The zero-order chi connectivity index (χ0) is 25.6. The lowest BCUT2D eigenvalue weighted by Gasteiger charge is -2.27. The van der Waals surface area contributed by atoms with Gasteiger partial charge in [-0.05, 0) is 67.3 Å². The number of hydrogen-bond acceptors (Lipinski definition) is 4. The van der Waals surface area contributed by atoms with Crippen LogP contribution in [0.2, 0.25) is 5.02 Å². The summed E-state index contributed by atoms with van der Waals surface area (Å²) in [6.07, 6.45) is 0.694. The van der Waals surface area contributed by atoms with Crippen LogP contribution in [0.25, 0.3) is 0 Å². The Morgan fingerprint density at radius 2 is 1.69 bits per heavy atom. The number of sulfonamides is 1. The Hall–Kier alpha value is -3.03. The molecular formula is C27H31ClN2O4S. The van der Waals surface area contributed by atoms with E-state index in [9.17, 15) is 13.2 Å². The molecule has 186 valence electrons. The first-order valence-corrected chi connectivity index (χ1v) is 13.2. The van der Waals surface area contributed by atoms with Crippen LogP contribution in [0.3, 0.4) is 0 Å². The van der Waals surface area contributed by atoms with Crippen LogP contribution in [0.15, 0.2) is 77.7 Å². The predicted molar refractivity (Wildman–Crippen MR) is 140 cm³/mol. The maximum Gasteiger partial charge on any atom is 0.264 e. The summed E-state index contributed by atoms with van der Waals surface area (Å²) in [7, 11) is -2.42. The van der Waals surface area contributed by atoms with E-state index in [-0.39, 0.29) is 17.5 Å². The number of nitrogens with one attached hydrogen (secondary N) is 1. The third-order valence-electron chi connectivity index (χ3n) is 5.55. The van der Waals surface area contributed by atoms with Crippen molar-refractivity contribution >= 4 is 33.2 Å². The molecule has 0 aliphatic carbocycles. The van der Waals surface area contributed by atoms with E-state index in [1.165, 1.54) is 6.07 Å². The summed E-state index contributed by atoms with van der Waals surface area (Å²) in [6.45, 7) is 5.64. The summed E-state index contributed by atoms with van der Waals surface area (Å²) in [5.74, 6) is 0.615. The van der Waals surface area contributed by atoms with Crippen molar-refractivity contribution in [2.24, 2.45) is 5.92 Å². The molecule has 0 saturated carbocycles. The average molecular weight is 515 g/mol. The van der Waals surface area contributed by atoms with Crippen LogP contribution < -0.4 is 14.4 Å². The van der Waals surface area contributed by atoms with Gasteiger partial charge in [0.1, 0.15) is 12.3 Å². The average Bonchev–Trinajstić information content (AvgIpc) is 2.82. The van der Waals surface area contributed by atoms with Gasteiger partial charge in [-0.1, -0.05) is 61.3 Å². The van der Waals surface area contributed by atoms with E-state index in [4.69, 9.17) is 16.3 Å². The second kappa shape index (κ2) is 11.6. The molecule has 0 aliphatic rings. The number of nitrogens with zero attached hydrogens (tertiary/aromatic N) is 1. The lowest BCUT2D eigenvalue weighted by molar-refractivity contribution is -0.120. The fourth-order valence-electron chi connectivity index (χ4n) is 3.74. The molecule has 0 bridgehead atoms. The predicted octanol–water partition coefficient (Wildman–Crippen LogP) is 5.76. The normalized spacial score (nSPS) is 12.3. The van der Waals surface area contributed by atoms with E-state index in [1.54, 1.807) is 49.6 Å². The van der Waals surface area contributed by atoms with Crippen LogP contribution in [-0.4, -0.2) is 28.0 Å². The molecule has 1 unspecified atom stereocenters. The third kappa shape index (κ3) is 6.99. The number of methoxy groups -OCH3 is 1. The minimum atomic E-state index is -4.02. The van der Waals surface area contributed by atoms with E-state index < -0.39 is 15.9 Å². The van der Waals surface area contributed by atoms with Gasteiger partial charge in [0.05, 0.1) is 23.7 Å². The number of rotatable bonds is 10. The number of anilines is 1. The summed E-state index contributed by atoms with van der Waals surface area (Å²) in [5.41, 5.74) is 2.17. The zero-order valence-corrected chi connectivity index (χ0v) is 21.9. The van der Waals surface area contributed by atoms with Gasteiger partial charge in [0.15, 0.2) is 0 Å². The van der Waals surface area contributed by atoms with E-state index in [0.29, 0.717) is 23.0 Å². The highest BCUT2D eigenvalue weighted by molar-refractivity contribution is 7.92. The van der Waals surface area contributed by atoms with E-state index in [1.807, 2.05) is 31.2 Å². The molecule has 3 aromatic rings. The third-order valence-corrected chi connectivity index (χ3v) is 7.58. The minimum absolute atomic E-state index is 0.102. The smallest absolute Gasteiger partial charge is 0.264 e. The summed E-state index contributed by atoms with van der Waals surface area (Å²) in [6, 6.07) is 20.2. The summed E-state index contributed by atoms with van der Waals surface area (Å²) >= 11 is 6.16. The number of benzene rings is 3. The molecule has 0 fully saturated rings. The van der Waals surface area contributed by atoms with Gasteiger partial charge >= 0.3 is 0 Å². The van der Waals surface area contributed by atoms with Gasteiger partial charge in [-0.2, -0.15) is 0 Å². The number of halogens is 1. The van der Waals surface area contributed by atoms with Crippen LogP contribution in [0.1, 0.15) is 37.4 Å². The van der Waals surface area contributed by atoms with Crippen molar-refractivity contribution in [3.63, 3.8) is 0 Å². The number of carbonyl (C=O) groups is 1. The lowest BCUT2D eigenvalue weighted by atomic mass is 9.97. The number of hydrogen-bond donors (Lipinski definition) is 1. The Morgan fingerprint density at radius 1 is 1.03 bits per heavy atom. The Labute approximate surface area is 212 Å². The monoisotopic (exact) mass is 514 g/mol. The molecule has 0 aromatic heterocycles. The summed E-state index contributed by atoms with van der Waals surface area (Å²) < 4.78 is 33.5. The van der Waals surface area contributed by atoms with Crippen molar-refractivity contribution in [3.8, 4) is 5.75 Å². The van der Waals surface area contributed by atoms with Crippen LogP contribution in [0.4, 0.5) is 5.69 Å². The molecule has 35 heavy (non-hydrogen) atoms. The topological polar surface area (TPSA) is 75.7 Å². The largest absolute Gasteiger partial charge is 0.497 e. The van der Waals surface area contributed by atoms with Gasteiger partial charge < -0.3 is 10.1 Å². The number of amides is 1. The standard InChI is InChI=1S/C27H31ClN2O4S/c1-19(2)16-26(21-10-12-24(34-4)13-11-21)29-27(31)18-30(23-7-5-6-22(28)17-23)35(32,33)25-14-8-20(3)9-15-25/h5-15,17,19,26H,16,18H2,1-4H3,(H,29,31). The molecule has 0 radical (unpaired) electrons. The maximum atomic E-state index is 13.6. The van der Waals surface area contributed by atoms with Crippen LogP contribution in [-0.2, 0) is 14.8 Å². The second-order valence-electron chi connectivity index (χ2n) is 8.83. The zero-order valence-electron chi connectivity index (χ0n) is 20.4. The lowest BCUT2D eigenvalue weighted by Crippen LogP contribution is -2.42. The summed E-state index contributed by atoms with van der Waals surface area (Å²) in [5, 5.41) is 3.41. The molecule has 8 heteroatoms. The quantitative estimate of drug-likeness (QED) is 0.373. The maximum absolute atomic E-state index is 13.6. The van der Waals surface area contributed by atoms with E-state index >= 15 is 0 Å². The first kappa shape index (κ1) is 26.6. The van der Waals surface area contributed by atoms with Crippen LogP contribution >= 0.6 is 11.6 Å². The van der Waals surface area contributed by atoms with Crippen molar-refractivity contribution in [2.75, 3.05) is 18.0 Å². The molecule has 1 amide bonds. The number of ether oxygens (including phenoxy) is 1. The van der Waals surface area contributed by atoms with Gasteiger partial charge in [-0.3, -0.25) is 9.10 Å². The first-order chi connectivity index (χ1) is 16.6. The highest BCUT2D eigenvalue weighted by Gasteiger charge is 2.28. The minimum Gasteiger partial charge on any atom is -0.497 e. The molecule has 3 rings (SSSR count). The van der Waals surface area contributed by atoms with Gasteiger partial charge in [-0.25, -0.2) is 8.42 Å². The molecule has 6 nitrogen and oxygen atoms in total. The fraction of sp³-hybridized carbons (Fsp3) is 0.296. The Bertz CT molecular complexity index is 1240. The Balaban J connectivity index is 1.92. The fourth-order valence-corrected chi connectivity index (χ4v) is 5.34. The second-order valence-corrected chi connectivity index (χ2v) is 11.1. The Morgan fingerprint density at radius 3 is 2.26 bits per heavy atom. The molecule has 0 spiro atoms. The first-order valence-electron chi connectivity index (χ1n) is 11.4. The van der Waals surface area contributed by atoms with Gasteiger partial charge in [0.2, 0.25) is 5.91 Å². The Kier molecular flexibility index (Phi) is 8.81. The van der Waals surface area contributed by atoms with Crippen LogP contribution in [0, 0.1) is 12.8 Å². The number of aryl methyl sites for hydroxylation is 1. The highest BCUT2D eigenvalue weighted by Crippen LogP contribution is 2.27. The van der Waals surface area contributed by atoms with Crippen molar-refractivity contribution in [1.29, 1.82) is 0 Å². The van der Waals surface area contributed by atoms with Crippen LogP contribution in [0.5, 0.6) is 5.75 Å². The van der Waals surface area contributed by atoms with Crippen molar-refractivity contribution in [3.05, 3.63) is 88.9 Å². The SMILES string of the molecule is COc1ccc(C(CC(C)C)NC(=O)CN(c2cccc(Cl)c2)S(=O)(=O)c2ccc(C)cc2)cc1. The van der Waals surface area contributed by atoms with Crippen molar-refractivity contribution < 1.29 is 17.9 Å². The van der Waals surface area contributed by atoms with Gasteiger partial charge in [-0.15, -0.1) is 0 Å². The summed E-state index contributed by atoms with van der Waals surface area (Å²) in [4.78, 5) is 13.4. The molecule has 1 atom stereocenters. The van der Waals surface area contributed by atoms with E-state index in [0.717, 1.165) is 21.2 Å². The molecule has 0 aliphatic heterocycles. The molecule has 3 aromatic carbocycles. The molecule has 0 heterocycles. The molecular weight excluding hydrogens is 484 g/mol. The van der Waals surface area contributed by atoms with E-state index in [2.05, 4.69) is 19.2 Å². The van der Waals surface area contributed by atoms with Gasteiger partial charge in [0.25, 0.3) is 10.0 Å². The van der Waals surface area contributed by atoms with Crippen molar-refractivity contribution in [1.82, 2.24) is 5.32 Å².